The molecular formula is C17H23N3. The van der Waals surface area contributed by atoms with Crippen molar-refractivity contribution >= 4 is 22.3 Å². The highest BCUT2D eigenvalue weighted by atomic mass is 15.2. The molecule has 106 valence electrons. The van der Waals surface area contributed by atoms with Gasteiger partial charge in [-0.05, 0) is 42.0 Å². The number of rotatable bonds is 1. The van der Waals surface area contributed by atoms with E-state index in [2.05, 4.69) is 42.8 Å². The molecule has 1 aromatic carbocycles. The number of nitrogen functional groups attached to an aromatic ring is 1. The summed E-state index contributed by atoms with van der Waals surface area (Å²) in [5, 5.41) is 1.17. The molecule has 1 aliphatic heterocycles. The maximum Gasteiger partial charge on any atom is 0.0951 e. The number of nitrogens with zero attached hydrogens (tertiary/aromatic N) is 2. The van der Waals surface area contributed by atoms with Crippen LogP contribution in [0.5, 0.6) is 0 Å². The Bertz CT molecular complexity index is 628. The molecule has 1 fully saturated rings. The Morgan fingerprint density at radius 2 is 2.05 bits per heavy atom. The lowest BCUT2D eigenvalue weighted by Crippen LogP contribution is -2.25. The summed E-state index contributed by atoms with van der Waals surface area (Å²) >= 11 is 0. The van der Waals surface area contributed by atoms with Gasteiger partial charge in [0, 0.05) is 30.4 Å². The van der Waals surface area contributed by atoms with Gasteiger partial charge in [0.1, 0.15) is 0 Å². The molecule has 3 rings (SSSR count). The van der Waals surface area contributed by atoms with Crippen molar-refractivity contribution in [3.05, 3.63) is 30.5 Å². The lowest BCUT2D eigenvalue weighted by Gasteiger charge is -2.28. The average molecular weight is 269 g/mol. The number of nitrogens with two attached hydrogens (primary N) is 1. The number of fused-ring (bicyclic) bond motifs is 1. The minimum absolute atomic E-state index is 0.372. The van der Waals surface area contributed by atoms with Crippen LogP contribution in [0.2, 0.25) is 0 Å². The van der Waals surface area contributed by atoms with E-state index in [-0.39, 0.29) is 0 Å². The highest BCUT2D eigenvalue weighted by Gasteiger charge is 2.32. The van der Waals surface area contributed by atoms with Crippen molar-refractivity contribution in [2.24, 2.45) is 11.3 Å². The summed E-state index contributed by atoms with van der Waals surface area (Å²) in [6.07, 6.45) is 3.07. The van der Waals surface area contributed by atoms with Gasteiger partial charge < -0.3 is 10.6 Å². The maximum absolute atomic E-state index is 6.04. The van der Waals surface area contributed by atoms with Crippen LogP contribution in [0.15, 0.2) is 30.5 Å². The summed E-state index contributed by atoms with van der Waals surface area (Å²) in [4.78, 5) is 6.91. The molecule has 1 saturated heterocycles. The fourth-order valence-corrected chi connectivity index (χ4v) is 3.14. The molecule has 2 N–H and O–H groups in total. The summed E-state index contributed by atoms with van der Waals surface area (Å²) in [5.41, 5.74) is 9.36. The fourth-order valence-electron chi connectivity index (χ4n) is 3.14. The van der Waals surface area contributed by atoms with Crippen molar-refractivity contribution in [2.45, 2.75) is 27.2 Å². The third kappa shape index (κ3) is 2.21. The largest absolute Gasteiger partial charge is 0.397 e. The van der Waals surface area contributed by atoms with Crippen LogP contribution in [0.4, 0.5) is 11.4 Å². The Morgan fingerprint density at radius 3 is 2.75 bits per heavy atom. The Morgan fingerprint density at radius 1 is 1.25 bits per heavy atom. The molecule has 0 aliphatic carbocycles. The van der Waals surface area contributed by atoms with E-state index in [4.69, 9.17) is 5.73 Å². The SMILES string of the molecule is CC(C)(C)C1CCN(c2ccc(N)c3ncccc23)C1. The molecule has 2 aromatic rings. The molecular weight excluding hydrogens is 246 g/mol. The number of hydrogen-bond donors (Lipinski definition) is 1. The second-order valence-electron chi connectivity index (χ2n) is 6.87. The number of aromatic nitrogens is 1. The number of hydrogen-bond acceptors (Lipinski definition) is 3. The van der Waals surface area contributed by atoms with Gasteiger partial charge in [-0.1, -0.05) is 20.8 Å². The Kier molecular flexibility index (Phi) is 3.08. The van der Waals surface area contributed by atoms with E-state index < -0.39 is 0 Å². The maximum atomic E-state index is 6.04. The molecule has 1 aliphatic rings. The summed E-state index contributed by atoms with van der Waals surface area (Å²) in [5.74, 6) is 0.742. The molecule has 3 heteroatoms. The topological polar surface area (TPSA) is 42.1 Å². The predicted molar refractivity (Wildman–Crippen MR) is 85.9 cm³/mol. The zero-order valence-corrected chi connectivity index (χ0v) is 12.6. The minimum Gasteiger partial charge on any atom is -0.397 e. The minimum atomic E-state index is 0.372. The summed E-state index contributed by atoms with van der Waals surface area (Å²) in [7, 11) is 0. The van der Waals surface area contributed by atoms with Gasteiger partial charge in [-0.25, -0.2) is 0 Å². The normalized spacial score (nSPS) is 19.8. The van der Waals surface area contributed by atoms with Gasteiger partial charge >= 0.3 is 0 Å². The lowest BCUT2D eigenvalue weighted by atomic mass is 9.80. The van der Waals surface area contributed by atoms with Gasteiger partial charge in [0.05, 0.1) is 11.2 Å². The Hall–Kier alpha value is -1.77. The zero-order valence-electron chi connectivity index (χ0n) is 12.6. The van der Waals surface area contributed by atoms with E-state index in [9.17, 15) is 0 Å². The number of anilines is 2. The Balaban J connectivity index is 1.98. The molecule has 1 atom stereocenters. The smallest absolute Gasteiger partial charge is 0.0951 e. The van der Waals surface area contributed by atoms with Crippen LogP contribution in [0.3, 0.4) is 0 Å². The average Bonchev–Trinajstić information content (AvgIpc) is 2.89. The molecule has 0 amide bonds. The second kappa shape index (κ2) is 4.65. The summed E-state index contributed by atoms with van der Waals surface area (Å²) < 4.78 is 0. The van der Waals surface area contributed by atoms with E-state index in [0.29, 0.717) is 5.41 Å². The molecule has 1 aromatic heterocycles. The second-order valence-corrected chi connectivity index (χ2v) is 6.87. The van der Waals surface area contributed by atoms with Crippen LogP contribution in [0, 0.1) is 11.3 Å². The predicted octanol–water partition coefficient (Wildman–Crippen LogP) is 3.69. The van der Waals surface area contributed by atoms with Crippen molar-refractivity contribution in [3.63, 3.8) is 0 Å². The molecule has 0 spiro atoms. The third-order valence-electron chi connectivity index (χ3n) is 4.53. The molecule has 0 radical (unpaired) electrons. The number of pyridine rings is 1. The van der Waals surface area contributed by atoms with E-state index >= 15 is 0 Å². The first-order valence-electron chi connectivity index (χ1n) is 7.35. The molecule has 3 nitrogen and oxygen atoms in total. The zero-order chi connectivity index (χ0) is 14.3. The summed E-state index contributed by atoms with van der Waals surface area (Å²) in [6, 6.07) is 8.24. The van der Waals surface area contributed by atoms with Crippen molar-refractivity contribution in [1.82, 2.24) is 4.98 Å². The van der Waals surface area contributed by atoms with E-state index in [0.717, 1.165) is 30.2 Å². The van der Waals surface area contributed by atoms with Crippen LogP contribution >= 0.6 is 0 Å². The van der Waals surface area contributed by atoms with Crippen LogP contribution in [0.25, 0.3) is 10.9 Å². The monoisotopic (exact) mass is 269 g/mol. The standard InChI is InChI=1S/C17H23N3/c1-17(2,3)12-8-10-20(11-12)15-7-6-14(18)16-13(15)5-4-9-19-16/h4-7,9,12H,8,10-11,18H2,1-3H3. The molecule has 0 saturated carbocycles. The van der Waals surface area contributed by atoms with Gasteiger partial charge in [0.15, 0.2) is 0 Å². The molecule has 0 bridgehead atoms. The van der Waals surface area contributed by atoms with Gasteiger partial charge in [-0.3, -0.25) is 4.98 Å². The van der Waals surface area contributed by atoms with Gasteiger partial charge in [-0.15, -0.1) is 0 Å². The first-order valence-corrected chi connectivity index (χ1v) is 7.35. The lowest BCUT2D eigenvalue weighted by molar-refractivity contribution is 0.263. The van der Waals surface area contributed by atoms with E-state index in [1.807, 2.05) is 18.3 Å². The first-order chi connectivity index (χ1) is 9.47. The van der Waals surface area contributed by atoms with Crippen LogP contribution in [0.1, 0.15) is 27.2 Å². The molecule has 20 heavy (non-hydrogen) atoms. The van der Waals surface area contributed by atoms with Crippen molar-refractivity contribution in [3.8, 4) is 0 Å². The summed E-state index contributed by atoms with van der Waals surface area (Å²) in [6.45, 7) is 9.25. The fraction of sp³-hybridized carbons (Fsp3) is 0.471. The number of benzene rings is 1. The first kappa shape index (κ1) is 13.2. The van der Waals surface area contributed by atoms with Crippen molar-refractivity contribution in [1.29, 1.82) is 0 Å². The quantitative estimate of drug-likeness (QED) is 0.803. The Labute approximate surface area is 120 Å². The van der Waals surface area contributed by atoms with Crippen LogP contribution in [-0.4, -0.2) is 18.1 Å². The highest BCUT2D eigenvalue weighted by molar-refractivity contribution is 5.98. The van der Waals surface area contributed by atoms with Gasteiger partial charge in [-0.2, -0.15) is 0 Å². The highest BCUT2D eigenvalue weighted by Crippen LogP contribution is 2.38. The van der Waals surface area contributed by atoms with Crippen LogP contribution < -0.4 is 10.6 Å². The van der Waals surface area contributed by atoms with Crippen LogP contribution in [-0.2, 0) is 0 Å². The van der Waals surface area contributed by atoms with Crippen molar-refractivity contribution in [2.75, 3.05) is 23.7 Å². The van der Waals surface area contributed by atoms with E-state index in [1.54, 1.807) is 0 Å². The van der Waals surface area contributed by atoms with Gasteiger partial charge in [0.2, 0.25) is 0 Å². The van der Waals surface area contributed by atoms with Gasteiger partial charge in [0.25, 0.3) is 0 Å². The molecule has 2 heterocycles. The van der Waals surface area contributed by atoms with Crippen molar-refractivity contribution < 1.29 is 0 Å². The third-order valence-corrected chi connectivity index (χ3v) is 4.53. The van der Waals surface area contributed by atoms with E-state index in [1.165, 1.54) is 17.5 Å². The molecule has 1 unspecified atom stereocenters.